The van der Waals surface area contributed by atoms with E-state index in [4.69, 9.17) is 4.98 Å². The van der Waals surface area contributed by atoms with Gasteiger partial charge in [0.1, 0.15) is 0 Å². The molecule has 4 aromatic rings. The topological polar surface area (TPSA) is 16.1 Å². The van der Waals surface area contributed by atoms with Gasteiger partial charge in [0.2, 0.25) is 0 Å². The fourth-order valence-electron chi connectivity index (χ4n) is 4.81. The third-order valence-electron chi connectivity index (χ3n) is 6.79. The SMILES string of the molecule is CCc1ccc(-c2cc(-c3ccccc3)c3c(n2)/C(=C\c2ccc(N(C)C)cc2)CCC3)cc1. The van der Waals surface area contributed by atoms with Crippen LogP contribution < -0.4 is 4.90 Å². The number of allylic oxidation sites excluding steroid dienone is 1. The zero-order chi connectivity index (χ0) is 23.5. The molecule has 0 fully saturated rings. The summed E-state index contributed by atoms with van der Waals surface area (Å²) in [4.78, 5) is 7.41. The molecular weight excluding hydrogens is 412 g/mol. The lowest BCUT2D eigenvalue weighted by atomic mass is 9.84. The van der Waals surface area contributed by atoms with E-state index in [2.05, 4.69) is 117 Å². The summed E-state index contributed by atoms with van der Waals surface area (Å²) in [5.41, 5.74) is 12.5. The van der Waals surface area contributed by atoms with Gasteiger partial charge in [0.05, 0.1) is 11.4 Å². The number of fused-ring (bicyclic) bond motifs is 1. The third-order valence-corrected chi connectivity index (χ3v) is 6.79. The average Bonchev–Trinajstić information content (AvgIpc) is 2.89. The summed E-state index contributed by atoms with van der Waals surface area (Å²) in [6.45, 7) is 2.20. The quantitative estimate of drug-likeness (QED) is 0.311. The van der Waals surface area contributed by atoms with E-state index in [0.717, 1.165) is 31.4 Å². The number of benzene rings is 3. The van der Waals surface area contributed by atoms with E-state index in [1.54, 1.807) is 0 Å². The Bertz CT molecular complexity index is 1300. The first-order valence-corrected chi connectivity index (χ1v) is 12.3. The lowest BCUT2D eigenvalue weighted by Crippen LogP contribution is -2.08. The van der Waals surface area contributed by atoms with Crippen molar-refractivity contribution in [1.29, 1.82) is 0 Å². The number of rotatable bonds is 5. The molecule has 1 aromatic heterocycles. The monoisotopic (exact) mass is 444 g/mol. The van der Waals surface area contributed by atoms with Crippen molar-refractivity contribution in [3.05, 3.63) is 107 Å². The van der Waals surface area contributed by atoms with Crippen LogP contribution in [0, 0.1) is 0 Å². The first-order valence-electron chi connectivity index (χ1n) is 12.3. The van der Waals surface area contributed by atoms with Crippen molar-refractivity contribution in [3.8, 4) is 22.4 Å². The minimum Gasteiger partial charge on any atom is -0.378 e. The molecule has 0 bridgehead atoms. The van der Waals surface area contributed by atoms with Gasteiger partial charge in [-0.05, 0) is 83.3 Å². The molecule has 0 atom stereocenters. The van der Waals surface area contributed by atoms with Crippen LogP contribution in [-0.4, -0.2) is 19.1 Å². The van der Waals surface area contributed by atoms with E-state index in [-0.39, 0.29) is 0 Å². The molecule has 2 nitrogen and oxygen atoms in total. The summed E-state index contributed by atoms with van der Waals surface area (Å²) in [7, 11) is 4.16. The van der Waals surface area contributed by atoms with Crippen LogP contribution in [0.4, 0.5) is 5.69 Å². The highest BCUT2D eigenvalue weighted by atomic mass is 15.1. The minimum absolute atomic E-state index is 1.05. The Morgan fingerprint density at radius 2 is 1.56 bits per heavy atom. The Labute approximate surface area is 203 Å². The molecule has 0 aliphatic heterocycles. The van der Waals surface area contributed by atoms with Gasteiger partial charge in [0.25, 0.3) is 0 Å². The molecule has 0 saturated carbocycles. The zero-order valence-electron chi connectivity index (χ0n) is 20.4. The van der Waals surface area contributed by atoms with Gasteiger partial charge in [0.15, 0.2) is 0 Å². The number of anilines is 1. The maximum Gasteiger partial charge on any atom is 0.0715 e. The van der Waals surface area contributed by atoms with Gasteiger partial charge in [-0.1, -0.05) is 73.7 Å². The molecule has 3 aromatic carbocycles. The number of pyridine rings is 1. The number of aromatic nitrogens is 1. The molecule has 5 rings (SSSR count). The maximum absolute atomic E-state index is 5.27. The Morgan fingerprint density at radius 1 is 0.824 bits per heavy atom. The second-order valence-corrected chi connectivity index (χ2v) is 9.31. The molecule has 170 valence electrons. The van der Waals surface area contributed by atoms with E-state index in [9.17, 15) is 0 Å². The first kappa shape index (κ1) is 22.2. The van der Waals surface area contributed by atoms with E-state index >= 15 is 0 Å². The standard InChI is InChI=1S/C32H32N2/c1-4-23-13-17-26(18-14-23)31-22-30(25-9-6-5-7-10-25)29-12-8-11-27(32(29)33-31)21-24-15-19-28(20-16-24)34(2)3/h5-7,9-10,13-22H,4,8,11-12H2,1-3H3/b27-21-. The molecular formula is C32H32N2. The van der Waals surface area contributed by atoms with Crippen molar-refractivity contribution >= 4 is 17.3 Å². The lowest BCUT2D eigenvalue weighted by Gasteiger charge is -2.23. The van der Waals surface area contributed by atoms with Crippen molar-refractivity contribution in [2.75, 3.05) is 19.0 Å². The molecule has 0 saturated heterocycles. The lowest BCUT2D eigenvalue weighted by molar-refractivity contribution is 0.813. The Morgan fingerprint density at radius 3 is 2.24 bits per heavy atom. The van der Waals surface area contributed by atoms with Crippen molar-refractivity contribution < 1.29 is 0 Å². The summed E-state index contributed by atoms with van der Waals surface area (Å²) in [6, 6.07) is 30.8. The molecule has 1 aliphatic rings. The van der Waals surface area contributed by atoms with Crippen LogP contribution in [0.15, 0.2) is 84.9 Å². The molecule has 1 aliphatic carbocycles. The Kier molecular flexibility index (Phi) is 6.31. The van der Waals surface area contributed by atoms with E-state index in [1.807, 2.05) is 0 Å². The molecule has 0 radical (unpaired) electrons. The second-order valence-electron chi connectivity index (χ2n) is 9.31. The van der Waals surface area contributed by atoms with Gasteiger partial charge < -0.3 is 4.90 Å². The zero-order valence-corrected chi connectivity index (χ0v) is 20.4. The van der Waals surface area contributed by atoms with Crippen molar-refractivity contribution in [1.82, 2.24) is 4.98 Å². The van der Waals surface area contributed by atoms with Crippen LogP contribution in [0.25, 0.3) is 34.0 Å². The summed E-state index contributed by atoms with van der Waals surface area (Å²) in [6.07, 6.45) is 6.66. The van der Waals surface area contributed by atoms with E-state index in [1.165, 1.54) is 50.3 Å². The summed E-state index contributed by atoms with van der Waals surface area (Å²) in [5, 5.41) is 0. The molecule has 0 amide bonds. The average molecular weight is 445 g/mol. The highest BCUT2D eigenvalue weighted by Gasteiger charge is 2.21. The van der Waals surface area contributed by atoms with Crippen molar-refractivity contribution in [2.24, 2.45) is 0 Å². The van der Waals surface area contributed by atoms with Crippen molar-refractivity contribution in [2.45, 2.75) is 32.6 Å². The highest BCUT2D eigenvalue weighted by molar-refractivity contribution is 5.87. The normalized spacial score (nSPS) is 14.1. The van der Waals surface area contributed by atoms with E-state index in [0.29, 0.717) is 0 Å². The first-order chi connectivity index (χ1) is 16.6. The molecule has 2 heteroatoms. The Hall–Kier alpha value is -3.65. The molecule has 0 N–H and O–H groups in total. The maximum atomic E-state index is 5.27. The van der Waals surface area contributed by atoms with Crippen LogP contribution in [0.1, 0.15) is 42.1 Å². The van der Waals surface area contributed by atoms with Crippen LogP contribution in [0.5, 0.6) is 0 Å². The summed E-state index contributed by atoms with van der Waals surface area (Å²) >= 11 is 0. The number of nitrogens with zero attached hydrogens (tertiary/aromatic N) is 2. The second kappa shape index (κ2) is 9.69. The van der Waals surface area contributed by atoms with Gasteiger partial charge in [-0.3, -0.25) is 0 Å². The van der Waals surface area contributed by atoms with E-state index < -0.39 is 0 Å². The number of aryl methyl sites for hydroxylation is 1. The molecule has 0 unspecified atom stereocenters. The van der Waals surface area contributed by atoms with Gasteiger partial charge >= 0.3 is 0 Å². The summed E-state index contributed by atoms with van der Waals surface area (Å²) < 4.78 is 0. The molecule has 34 heavy (non-hydrogen) atoms. The smallest absolute Gasteiger partial charge is 0.0715 e. The van der Waals surface area contributed by atoms with Crippen LogP contribution >= 0.6 is 0 Å². The van der Waals surface area contributed by atoms with Gasteiger partial charge in [-0.2, -0.15) is 0 Å². The van der Waals surface area contributed by atoms with Crippen LogP contribution in [0.3, 0.4) is 0 Å². The predicted octanol–water partition coefficient (Wildman–Crippen LogP) is 7.92. The highest BCUT2D eigenvalue weighted by Crippen LogP contribution is 2.39. The Balaban J connectivity index is 1.65. The van der Waals surface area contributed by atoms with Gasteiger partial charge in [-0.15, -0.1) is 0 Å². The van der Waals surface area contributed by atoms with Gasteiger partial charge in [0, 0.05) is 25.3 Å². The predicted molar refractivity (Wildman–Crippen MR) is 146 cm³/mol. The minimum atomic E-state index is 1.05. The molecule has 0 spiro atoms. The number of hydrogen-bond donors (Lipinski definition) is 0. The van der Waals surface area contributed by atoms with Gasteiger partial charge in [-0.25, -0.2) is 4.98 Å². The fourth-order valence-corrected chi connectivity index (χ4v) is 4.81. The van der Waals surface area contributed by atoms with Crippen LogP contribution in [0.2, 0.25) is 0 Å². The van der Waals surface area contributed by atoms with Crippen molar-refractivity contribution in [3.63, 3.8) is 0 Å². The van der Waals surface area contributed by atoms with Crippen LogP contribution in [-0.2, 0) is 12.8 Å². The number of hydrogen-bond acceptors (Lipinski definition) is 2. The third kappa shape index (κ3) is 4.54. The largest absolute Gasteiger partial charge is 0.378 e. The molecule has 1 heterocycles. The summed E-state index contributed by atoms with van der Waals surface area (Å²) in [5.74, 6) is 0. The fraction of sp³-hybridized carbons (Fsp3) is 0.219.